The highest BCUT2D eigenvalue weighted by molar-refractivity contribution is 6.30. The second-order valence-corrected chi connectivity index (χ2v) is 4.76. The summed E-state index contributed by atoms with van der Waals surface area (Å²) in [7, 11) is 0. The molecule has 0 aliphatic heterocycles. The molecule has 4 heteroatoms. The van der Waals surface area contributed by atoms with E-state index in [0.29, 0.717) is 0 Å². The number of benzene rings is 2. The Hall–Kier alpha value is -1.74. The summed E-state index contributed by atoms with van der Waals surface area (Å²) in [5.41, 5.74) is 0.964. The summed E-state index contributed by atoms with van der Waals surface area (Å²) < 4.78 is 27.1. The minimum atomic E-state index is -0.593. The van der Waals surface area contributed by atoms with Crippen molar-refractivity contribution in [1.82, 2.24) is 0 Å². The molecule has 2 aromatic rings. The van der Waals surface area contributed by atoms with Crippen LogP contribution in [0.2, 0.25) is 5.02 Å². The standard InChI is InChI=1S/C15H11ClF2O/c1-9-2-5-13(17)12(6-9)15(19)7-10-3-4-11(16)8-14(10)18/h2-6,8H,7H2,1H3. The SMILES string of the molecule is Cc1ccc(F)c(C(=O)Cc2ccc(Cl)cc2F)c1. The van der Waals surface area contributed by atoms with Gasteiger partial charge in [-0.25, -0.2) is 8.78 Å². The van der Waals surface area contributed by atoms with Gasteiger partial charge in [0.05, 0.1) is 5.56 Å². The first-order chi connectivity index (χ1) is 8.97. The smallest absolute Gasteiger partial charge is 0.170 e. The minimum absolute atomic E-state index is 0.0191. The summed E-state index contributed by atoms with van der Waals surface area (Å²) in [6, 6.07) is 8.35. The van der Waals surface area contributed by atoms with E-state index in [1.165, 1.54) is 24.3 Å². The van der Waals surface area contributed by atoms with Gasteiger partial charge >= 0.3 is 0 Å². The lowest BCUT2D eigenvalue weighted by Crippen LogP contribution is -2.08. The first-order valence-corrected chi connectivity index (χ1v) is 6.08. The van der Waals surface area contributed by atoms with Gasteiger partial charge in [0.2, 0.25) is 0 Å². The second-order valence-electron chi connectivity index (χ2n) is 4.32. The van der Waals surface area contributed by atoms with Crippen LogP contribution in [0.1, 0.15) is 21.5 Å². The lowest BCUT2D eigenvalue weighted by atomic mass is 10.0. The van der Waals surface area contributed by atoms with Crippen molar-refractivity contribution in [2.75, 3.05) is 0 Å². The van der Waals surface area contributed by atoms with E-state index in [-0.39, 0.29) is 22.6 Å². The maximum atomic E-state index is 13.6. The van der Waals surface area contributed by atoms with Crippen LogP contribution in [0, 0.1) is 18.6 Å². The molecule has 0 unspecified atom stereocenters. The number of hydrogen-bond donors (Lipinski definition) is 0. The molecule has 19 heavy (non-hydrogen) atoms. The van der Waals surface area contributed by atoms with Crippen LogP contribution in [-0.4, -0.2) is 5.78 Å². The number of hydrogen-bond acceptors (Lipinski definition) is 1. The van der Waals surface area contributed by atoms with Crippen LogP contribution < -0.4 is 0 Å². The third-order valence-electron chi connectivity index (χ3n) is 2.79. The third kappa shape index (κ3) is 3.18. The molecular weight excluding hydrogens is 270 g/mol. The van der Waals surface area contributed by atoms with Crippen LogP contribution in [0.15, 0.2) is 36.4 Å². The molecule has 0 aliphatic carbocycles. The van der Waals surface area contributed by atoms with E-state index in [2.05, 4.69) is 0 Å². The predicted octanol–water partition coefficient (Wildman–Crippen LogP) is 4.35. The van der Waals surface area contributed by atoms with Crippen molar-refractivity contribution >= 4 is 17.4 Å². The largest absolute Gasteiger partial charge is 0.294 e. The number of rotatable bonds is 3. The third-order valence-corrected chi connectivity index (χ3v) is 3.02. The first kappa shape index (κ1) is 13.7. The molecule has 2 rings (SSSR count). The van der Waals surface area contributed by atoms with E-state index in [9.17, 15) is 13.6 Å². The summed E-state index contributed by atoms with van der Waals surface area (Å²) >= 11 is 5.63. The van der Waals surface area contributed by atoms with Gasteiger partial charge in [0.1, 0.15) is 11.6 Å². The molecule has 0 aliphatic rings. The molecular formula is C15H11ClF2O. The minimum Gasteiger partial charge on any atom is -0.294 e. The maximum absolute atomic E-state index is 13.6. The van der Waals surface area contributed by atoms with Gasteiger partial charge in [0.15, 0.2) is 5.78 Å². The second kappa shape index (κ2) is 5.49. The summed E-state index contributed by atoms with van der Waals surface area (Å²) in [6.45, 7) is 1.76. The number of carbonyl (C=O) groups excluding carboxylic acids is 1. The molecule has 2 aromatic carbocycles. The fraction of sp³-hybridized carbons (Fsp3) is 0.133. The van der Waals surface area contributed by atoms with Crippen LogP contribution >= 0.6 is 11.6 Å². The normalized spacial score (nSPS) is 10.5. The Kier molecular flexibility index (Phi) is 3.96. The molecule has 98 valence electrons. The predicted molar refractivity (Wildman–Crippen MR) is 70.6 cm³/mol. The van der Waals surface area contributed by atoms with Crippen molar-refractivity contribution in [3.8, 4) is 0 Å². The van der Waals surface area contributed by atoms with Crippen LogP contribution in [0.3, 0.4) is 0 Å². The summed E-state index contributed by atoms with van der Waals surface area (Å²) in [5, 5.41) is 0.260. The average molecular weight is 281 g/mol. The Bertz CT molecular complexity index is 638. The Morgan fingerprint density at radius 3 is 2.53 bits per heavy atom. The molecule has 0 heterocycles. The quantitative estimate of drug-likeness (QED) is 0.764. The zero-order valence-corrected chi connectivity index (χ0v) is 11.0. The molecule has 1 nitrogen and oxygen atoms in total. The van der Waals surface area contributed by atoms with Gasteiger partial charge in [0.25, 0.3) is 0 Å². The Labute approximate surface area is 114 Å². The lowest BCUT2D eigenvalue weighted by Gasteiger charge is -2.05. The molecule has 0 aromatic heterocycles. The van der Waals surface area contributed by atoms with E-state index < -0.39 is 17.4 Å². The van der Waals surface area contributed by atoms with Crippen molar-refractivity contribution in [2.45, 2.75) is 13.3 Å². The fourth-order valence-corrected chi connectivity index (χ4v) is 1.94. The van der Waals surface area contributed by atoms with Crippen molar-refractivity contribution in [1.29, 1.82) is 0 Å². The molecule has 0 radical (unpaired) electrons. The molecule has 0 bridgehead atoms. The Balaban J connectivity index is 2.28. The van der Waals surface area contributed by atoms with Crippen LogP contribution in [-0.2, 0) is 6.42 Å². The number of Topliss-reactive ketones (excluding diaryl/α,β-unsaturated/α-hetero) is 1. The van der Waals surface area contributed by atoms with Crippen molar-refractivity contribution in [2.24, 2.45) is 0 Å². The van der Waals surface area contributed by atoms with Crippen molar-refractivity contribution in [3.05, 3.63) is 69.7 Å². The van der Waals surface area contributed by atoms with Gasteiger partial charge in [-0.3, -0.25) is 4.79 Å². The molecule has 0 amide bonds. The van der Waals surface area contributed by atoms with Crippen molar-refractivity contribution < 1.29 is 13.6 Å². The van der Waals surface area contributed by atoms with Crippen LogP contribution in [0.5, 0.6) is 0 Å². The summed E-state index contributed by atoms with van der Waals surface area (Å²) in [4.78, 5) is 12.0. The zero-order valence-electron chi connectivity index (χ0n) is 10.2. The van der Waals surface area contributed by atoms with Crippen molar-refractivity contribution in [3.63, 3.8) is 0 Å². The number of aryl methyl sites for hydroxylation is 1. The average Bonchev–Trinajstić information content (AvgIpc) is 2.35. The highest BCUT2D eigenvalue weighted by Crippen LogP contribution is 2.18. The van der Waals surface area contributed by atoms with E-state index in [1.807, 2.05) is 0 Å². The number of halogens is 3. The molecule has 0 saturated carbocycles. The Morgan fingerprint density at radius 1 is 1.11 bits per heavy atom. The van der Waals surface area contributed by atoms with Gasteiger partial charge < -0.3 is 0 Å². The topological polar surface area (TPSA) is 17.1 Å². The van der Waals surface area contributed by atoms with Crippen LogP contribution in [0.25, 0.3) is 0 Å². The molecule has 0 atom stereocenters. The van der Waals surface area contributed by atoms with Gasteiger partial charge in [0, 0.05) is 11.4 Å². The van der Waals surface area contributed by atoms with Gasteiger partial charge in [-0.05, 0) is 36.8 Å². The van der Waals surface area contributed by atoms with E-state index in [0.717, 1.165) is 11.6 Å². The van der Waals surface area contributed by atoms with E-state index in [1.54, 1.807) is 13.0 Å². The van der Waals surface area contributed by atoms with E-state index in [4.69, 9.17) is 11.6 Å². The first-order valence-electron chi connectivity index (χ1n) is 5.70. The fourth-order valence-electron chi connectivity index (χ4n) is 1.79. The van der Waals surface area contributed by atoms with Crippen LogP contribution in [0.4, 0.5) is 8.78 Å². The monoisotopic (exact) mass is 280 g/mol. The highest BCUT2D eigenvalue weighted by Gasteiger charge is 2.14. The van der Waals surface area contributed by atoms with Gasteiger partial charge in [-0.2, -0.15) is 0 Å². The molecule has 0 spiro atoms. The maximum Gasteiger partial charge on any atom is 0.170 e. The molecule has 0 saturated heterocycles. The Morgan fingerprint density at radius 2 is 1.84 bits per heavy atom. The molecule has 0 fully saturated rings. The zero-order chi connectivity index (χ0) is 14.0. The summed E-state index contributed by atoms with van der Waals surface area (Å²) in [5.74, 6) is -1.61. The van der Waals surface area contributed by atoms with Gasteiger partial charge in [-0.1, -0.05) is 29.3 Å². The highest BCUT2D eigenvalue weighted by atomic mass is 35.5. The van der Waals surface area contributed by atoms with E-state index >= 15 is 0 Å². The lowest BCUT2D eigenvalue weighted by molar-refractivity contribution is 0.0988. The molecule has 0 N–H and O–H groups in total. The number of ketones is 1. The summed E-state index contributed by atoms with van der Waals surface area (Å²) in [6.07, 6.45) is -0.191. The van der Waals surface area contributed by atoms with Gasteiger partial charge in [-0.15, -0.1) is 0 Å². The number of carbonyl (C=O) groups is 1.